The van der Waals surface area contributed by atoms with Gasteiger partial charge in [0.15, 0.2) is 11.6 Å². The molecule has 0 bridgehead atoms. The minimum absolute atomic E-state index is 0.271. The summed E-state index contributed by atoms with van der Waals surface area (Å²) in [6.45, 7) is 1.74. The molecule has 0 saturated carbocycles. The number of nitrogens with one attached hydrogen (secondary N) is 2. The molecule has 0 spiro atoms. The van der Waals surface area contributed by atoms with Gasteiger partial charge in [0, 0.05) is 18.8 Å². The van der Waals surface area contributed by atoms with Crippen molar-refractivity contribution in [1.82, 2.24) is 10.3 Å². The fourth-order valence-corrected chi connectivity index (χ4v) is 1.84. The fraction of sp³-hybridized carbons (Fsp3) is 0.500. The maximum absolute atomic E-state index is 13.3. The quantitative estimate of drug-likeness (QED) is 0.833. The van der Waals surface area contributed by atoms with Crippen molar-refractivity contribution in [3.63, 3.8) is 0 Å². The van der Waals surface area contributed by atoms with Crippen LogP contribution in [0.2, 0.25) is 5.02 Å². The first kappa shape index (κ1) is 10.6. The van der Waals surface area contributed by atoms with Gasteiger partial charge in [0.05, 0.1) is 5.02 Å². The zero-order chi connectivity index (χ0) is 10.7. The number of hydrogen-bond donors (Lipinski definition) is 2. The average Bonchev–Trinajstić information content (AvgIpc) is 2.69. The van der Waals surface area contributed by atoms with Crippen molar-refractivity contribution in [2.75, 3.05) is 18.4 Å². The van der Waals surface area contributed by atoms with Crippen LogP contribution in [0.3, 0.4) is 0 Å². The van der Waals surface area contributed by atoms with E-state index in [1.54, 1.807) is 0 Å². The van der Waals surface area contributed by atoms with Crippen molar-refractivity contribution >= 4 is 17.4 Å². The van der Waals surface area contributed by atoms with E-state index in [2.05, 4.69) is 15.6 Å². The van der Waals surface area contributed by atoms with Crippen molar-refractivity contribution < 1.29 is 4.39 Å². The highest BCUT2D eigenvalue weighted by molar-refractivity contribution is 6.30. The predicted octanol–water partition coefficient (Wildman–Crippen LogP) is 2.04. The largest absolute Gasteiger partial charge is 0.366 e. The molecule has 82 valence electrons. The lowest BCUT2D eigenvalue weighted by atomic mass is 10.2. The van der Waals surface area contributed by atoms with Crippen molar-refractivity contribution in [3.8, 4) is 0 Å². The van der Waals surface area contributed by atoms with Crippen LogP contribution in [-0.4, -0.2) is 24.1 Å². The molecule has 1 aliphatic rings. The SMILES string of the molecule is Fc1cc(Cl)cnc1NCC1CCCN1. The van der Waals surface area contributed by atoms with E-state index in [1.807, 2.05) is 0 Å². The van der Waals surface area contributed by atoms with Crippen molar-refractivity contribution in [3.05, 3.63) is 23.1 Å². The van der Waals surface area contributed by atoms with Gasteiger partial charge in [-0.05, 0) is 25.5 Å². The smallest absolute Gasteiger partial charge is 0.166 e. The van der Waals surface area contributed by atoms with Crippen LogP contribution < -0.4 is 10.6 Å². The Kier molecular flexibility index (Phi) is 3.38. The van der Waals surface area contributed by atoms with E-state index in [0.29, 0.717) is 17.6 Å². The molecule has 3 nitrogen and oxygen atoms in total. The van der Waals surface area contributed by atoms with E-state index < -0.39 is 5.82 Å². The van der Waals surface area contributed by atoms with Crippen LogP contribution >= 0.6 is 11.6 Å². The summed E-state index contributed by atoms with van der Waals surface area (Å²) in [5.74, 6) is -0.131. The third-order valence-electron chi connectivity index (χ3n) is 2.49. The number of pyridine rings is 1. The van der Waals surface area contributed by atoms with Crippen LogP contribution in [0.4, 0.5) is 10.2 Å². The van der Waals surface area contributed by atoms with E-state index in [0.717, 1.165) is 13.0 Å². The number of halogens is 2. The first-order valence-electron chi connectivity index (χ1n) is 5.04. The summed E-state index contributed by atoms with van der Waals surface area (Å²) < 4.78 is 13.3. The lowest BCUT2D eigenvalue weighted by Crippen LogP contribution is -2.29. The summed E-state index contributed by atoms with van der Waals surface area (Å²) in [5, 5.41) is 6.61. The Hall–Kier alpha value is -0.870. The molecule has 0 amide bonds. The van der Waals surface area contributed by atoms with Gasteiger partial charge in [-0.1, -0.05) is 11.6 Å². The van der Waals surface area contributed by atoms with Crippen molar-refractivity contribution in [2.45, 2.75) is 18.9 Å². The Bertz CT molecular complexity index is 339. The molecule has 0 aliphatic carbocycles. The van der Waals surface area contributed by atoms with Gasteiger partial charge in [-0.15, -0.1) is 0 Å². The molecule has 1 atom stereocenters. The molecule has 2 N–H and O–H groups in total. The van der Waals surface area contributed by atoms with Crippen LogP contribution in [0.25, 0.3) is 0 Å². The van der Waals surface area contributed by atoms with Gasteiger partial charge < -0.3 is 10.6 Å². The number of hydrogen-bond acceptors (Lipinski definition) is 3. The molecule has 1 unspecified atom stereocenters. The summed E-state index contributed by atoms with van der Waals surface area (Å²) in [6, 6.07) is 1.68. The average molecular weight is 230 g/mol. The molecule has 0 radical (unpaired) electrons. The minimum Gasteiger partial charge on any atom is -0.366 e. The molecule has 1 aromatic rings. The lowest BCUT2D eigenvalue weighted by Gasteiger charge is -2.12. The molecule has 0 aromatic carbocycles. The predicted molar refractivity (Wildman–Crippen MR) is 58.7 cm³/mol. The molecule has 1 saturated heterocycles. The first-order chi connectivity index (χ1) is 7.25. The Balaban J connectivity index is 1.92. The van der Waals surface area contributed by atoms with E-state index in [-0.39, 0.29) is 5.82 Å². The van der Waals surface area contributed by atoms with Gasteiger partial charge in [0.25, 0.3) is 0 Å². The number of aromatic nitrogens is 1. The topological polar surface area (TPSA) is 37.0 Å². The highest BCUT2D eigenvalue weighted by Gasteiger charge is 2.14. The normalized spacial score (nSPS) is 20.5. The van der Waals surface area contributed by atoms with Crippen LogP contribution in [0.15, 0.2) is 12.3 Å². The first-order valence-corrected chi connectivity index (χ1v) is 5.42. The van der Waals surface area contributed by atoms with Crippen molar-refractivity contribution in [2.24, 2.45) is 0 Å². The van der Waals surface area contributed by atoms with Gasteiger partial charge in [-0.3, -0.25) is 0 Å². The van der Waals surface area contributed by atoms with Gasteiger partial charge >= 0.3 is 0 Å². The Morgan fingerprint density at radius 1 is 1.67 bits per heavy atom. The molecule has 1 aromatic heterocycles. The zero-order valence-corrected chi connectivity index (χ0v) is 9.02. The second-order valence-corrected chi connectivity index (χ2v) is 4.09. The maximum atomic E-state index is 13.3. The standard InChI is InChI=1S/C10H13ClFN3/c11-7-4-9(12)10(14-5-7)15-6-8-2-1-3-13-8/h4-5,8,13H,1-3,6H2,(H,14,15). The fourth-order valence-electron chi connectivity index (χ4n) is 1.70. The second kappa shape index (κ2) is 4.77. The molecule has 1 fully saturated rings. The molecule has 5 heteroatoms. The molecular formula is C10H13ClFN3. The van der Waals surface area contributed by atoms with Gasteiger partial charge in [-0.2, -0.15) is 0 Å². The second-order valence-electron chi connectivity index (χ2n) is 3.66. The Labute approximate surface area is 93.0 Å². The number of nitrogens with zero attached hydrogens (tertiary/aromatic N) is 1. The Morgan fingerprint density at radius 3 is 3.20 bits per heavy atom. The molecule has 2 heterocycles. The maximum Gasteiger partial charge on any atom is 0.166 e. The summed E-state index contributed by atoms with van der Waals surface area (Å²) >= 11 is 5.60. The zero-order valence-electron chi connectivity index (χ0n) is 8.26. The van der Waals surface area contributed by atoms with E-state index in [4.69, 9.17) is 11.6 Å². The summed E-state index contributed by atoms with van der Waals surface area (Å²) in [7, 11) is 0. The molecule has 1 aliphatic heterocycles. The van der Waals surface area contributed by atoms with E-state index in [9.17, 15) is 4.39 Å². The lowest BCUT2D eigenvalue weighted by molar-refractivity contribution is 0.608. The highest BCUT2D eigenvalue weighted by Crippen LogP contribution is 2.16. The number of rotatable bonds is 3. The highest BCUT2D eigenvalue weighted by atomic mass is 35.5. The molecular weight excluding hydrogens is 217 g/mol. The van der Waals surface area contributed by atoms with Crippen molar-refractivity contribution in [1.29, 1.82) is 0 Å². The minimum atomic E-state index is -0.402. The van der Waals surface area contributed by atoms with Crippen LogP contribution in [0.1, 0.15) is 12.8 Å². The monoisotopic (exact) mass is 229 g/mol. The number of anilines is 1. The van der Waals surface area contributed by atoms with Crippen LogP contribution in [0, 0.1) is 5.82 Å². The van der Waals surface area contributed by atoms with Crippen LogP contribution in [-0.2, 0) is 0 Å². The molecule has 2 rings (SSSR count). The summed E-state index contributed by atoms with van der Waals surface area (Å²) in [6.07, 6.45) is 3.75. The third kappa shape index (κ3) is 2.79. The van der Waals surface area contributed by atoms with Crippen LogP contribution in [0.5, 0.6) is 0 Å². The van der Waals surface area contributed by atoms with E-state index in [1.165, 1.54) is 18.7 Å². The summed E-state index contributed by atoms with van der Waals surface area (Å²) in [4.78, 5) is 3.89. The van der Waals surface area contributed by atoms with Gasteiger partial charge in [0.2, 0.25) is 0 Å². The molecule has 15 heavy (non-hydrogen) atoms. The van der Waals surface area contributed by atoms with E-state index >= 15 is 0 Å². The van der Waals surface area contributed by atoms with Gasteiger partial charge in [-0.25, -0.2) is 9.37 Å². The third-order valence-corrected chi connectivity index (χ3v) is 2.69. The Morgan fingerprint density at radius 2 is 2.53 bits per heavy atom. The van der Waals surface area contributed by atoms with Gasteiger partial charge in [0.1, 0.15) is 0 Å². The summed E-state index contributed by atoms with van der Waals surface area (Å²) in [5.41, 5.74) is 0.